The second-order valence-electron chi connectivity index (χ2n) is 6.83. The molecule has 32 heavy (non-hydrogen) atoms. The zero-order valence-corrected chi connectivity index (χ0v) is 17.6. The number of hydrogen-bond donors (Lipinski definition) is 2. The number of anilines is 1. The van der Waals surface area contributed by atoms with Crippen LogP contribution in [-0.4, -0.2) is 36.4 Å². The van der Waals surface area contributed by atoms with Crippen LogP contribution in [0.15, 0.2) is 84.9 Å². The normalized spacial score (nSPS) is 10.4. The number of rotatable bonds is 9. The topological polar surface area (TPSA) is 85.5 Å². The van der Waals surface area contributed by atoms with Crippen molar-refractivity contribution in [1.82, 2.24) is 10.2 Å². The summed E-state index contributed by atoms with van der Waals surface area (Å²) in [6.07, 6.45) is 0. The number of amides is 1. The molecule has 0 saturated carbocycles. The predicted molar refractivity (Wildman–Crippen MR) is 122 cm³/mol. The van der Waals surface area contributed by atoms with Crippen molar-refractivity contribution in [2.75, 3.05) is 25.6 Å². The zero-order chi connectivity index (χ0) is 22.2. The molecule has 162 valence electrons. The van der Waals surface area contributed by atoms with E-state index in [1.807, 2.05) is 60.7 Å². The highest BCUT2D eigenvalue weighted by atomic mass is 16.5. The molecule has 0 aliphatic rings. The molecular weight excluding hydrogens is 406 g/mol. The van der Waals surface area contributed by atoms with Crippen molar-refractivity contribution < 1.29 is 19.0 Å². The van der Waals surface area contributed by atoms with Crippen molar-refractivity contribution >= 4 is 11.7 Å². The Bertz CT molecular complexity index is 1170. The van der Waals surface area contributed by atoms with Gasteiger partial charge in [0.05, 0.1) is 18.4 Å². The number of H-pyrrole nitrogens is 1. The van der Waals surface area contributed by atoms with Crippen molar-refractivity contribution in [3.8, 4) is 28.5 Å². The molecule has 0 fully saturated rings. The van der Waals surface area contributed by atoms with Crippen LogP contribution in [0, 0.1) is 0 Å². The van der Waals surface area contributed by atoms with Gasteiger partial charge in [-0.2, -0.15) is 5.10 Å². The molecule has 0 aliphatic carbocycles. The summed E-state index contributed by atoms with van der Waals surface area (Å²) in [4.78, 5) is 12.9. The third-order valence-corrected chi connectivity index (χ3v) is 4.70. The fraction of sp³-hybridized carbons (Fsp3) is 0.120. The van der Waals surface area contributed by atoms with E-state index in [9.17, 15) is 4.79 Å². The number of aromatic nitrogens is 2. The van der Waals surface area contributed by atoms with E-state index < -0.39 is 0 Å². The maximum atomic E-state index is 12.9. The number of methoxy groups -OCH3 is 1. The summed E-state index contributed by atoms with van der Waals surface area (Å²) in [5, 5.41) is 9.94. The van der Waals surface area contributed by atoms with Crippen LogP contribution in [0.1, 0.15) is 10.4 Å². The summed E-state index contributed by atoms with van der Waals surface area (Å²) in [7, 11) is 1.61. The summed E-state index contributed by atoms with van der Waals surface area (Å²) in [5.74, 6) is 2.04. The van der Waals surface area contributed by atoms with E-state index in [0.29, 0.717) is 36.1 Å². The van der Waals surface area contributed by atoms with Gasteiger partial charge in [0.25, 0.3) is 5.91 Å². The van der Waals surface area contributed by atoms with Crippen LogP contribution in [0.25, 0.3) is 11.3 Å². The van der Waals surface area contributed by atoms with Gasteiger partial charge in [-0.15, -0.1) is 0 Å². The molecule has 0 bridgehead atoms. The molecule has 4 aromatic rings. The Labute approximate surface area is 186 Å². The first kappa shape index (κ1) is 21.0. The smallest absolute Gasteiger partial charge is 0.260 e. The summed E-state index contributed by atoms with van der Waals surface area (Å²) in [6, 6.07) is 25.9. The number of hydrogen-bond acceptors (Lipinski definition) is 5. The number of ether oxygens (including phenoxy) is 3. The van der Waals surface area contributed by atoms with Gasteiger partial charge in [0, 0.05) is 11.6 Å². The Hall–Kier alpha value is -4.26. The maximum Gasteiger partial charge on any atom is 0.260 e. The van der Waals surface area contributed by atoms with E-state index in [-0.39, 0.29) is 5.91 Å². The fourth-order valence-corrected chi connectivity index (χ4v) is 3.18. The molecule has 2 N–H and O–H groups in total. The maximum absolute atomic E-state index is 12.9. The molecule has 0 aliphatic heterocycles. The van der Waals surface area contributed by atoms with Gasteiger partial charge >= 0.3 is 0 Å². The van der Waals surface area contributed by atoms with E-state index in [4.69, 9.17) is 14.2 Å². The molecule has 0 unspecified atom stereocenters. The van der Waals surface area contributed by atoms with Gasteiger partial charge in [0.15, 0.2) is 5.82 Å². The Morgan fingerprint density at radius 1 is 0.875 bits per heavy atom. The first-order chi connectivity index (χ1) is 15.7. The minimum absolute atomic E-state index is 0.305. The first-order valence-corrected chi connectivity index (χ1v) is 10.1. The molecule has 0 atom stereocenters. The molecule has 0 radical (unpaired) electrons. The molecule has 7 nitrogen and oxygen atoms in total. The number of para-hydroxylation sites is 3. The van der Waals surface area contributed by atoms with Crippen LogP contribution in [0.2, 0.25) is 0 Å². The molecule has 1 aromatic heterocycles. The average Bonchev–Trinajstić information content (AvgIpc) is 3.31. The van der Waals surface area contributed by atoms with Crippen LogP contribution < -0.4 is 19.5 Å². The van der Waals surface area contributed by atoms with Gasteiger partial charge in [-0.05, 0) is 36.4 Å². The fourth-order valence-electron chi connectivity index (χ4n) is 3.18. The van der Waals surface area contributed by atoms with Crippen molar-refractivity contribution in [3.63, 3.8) is 0 Å². The molecular formula is C25H23N3O4. The van der Waals surface area contributed by atoms with E-state index in [0.717, 1.165) is 17.0 Å². The van der Waals surface area contributed by atoms with Crippen LogP contribution >= 0.6 is 0 Å². The van der Waals surface area contributed by atoms with E-state index in [1.54, 1.807) is 31.4 Å². The van der Waals surface area contributed by atoms with Crippen LogP contribution in [0.5, 0.6) is 17.2 Å². The molecule has 4 rings (SSSR count). The number of carbonyl (C=O) groups excluding carboxylic acids is 1. The van der Waals surface area contributed by atoms with Crippen molar-refractivity contribution in [2.24, 2.45) is 0 Å². The lowest BCUT2D eigenvalue weighted by Crippen LogP contribution is -2.15. The first-order valence-electron chi connectivity index (χ1n) is 10.1. The van der Waals surface area contributed by atoms with Gasteiger partial charge in [0.1, 0.15) is 30.5 Å². The van der Waals surface area contributed by atoms with Gasteiger partial charge in [-0.25, -0.2) is 0 Å². The predicted octanol–water partition coefficient (Wildman–Crippen LogP) is 4.80. The lowest BCUT2D eigenvalue weighted by Gasteiger charge is -2.11. The quantitative estimate of drug-likeness (QED) is 0.374. The Balaban J connectivity index is 1.39. The standard InChI is InChI=1S/C25H23N3O4/c1-30-22-13-7-5-11-19(22)21-17-24(28-27-21)26-25(29)20-12-6-8-14-23(20)32-16-15-31-18-9-3-2-4-10-18/h2-14,17H,15-16H2,1H3,(H2,26,27,28,29). The van der Waals surface area contributed by atoms with Crippen LogP contribution in [0.4, 0.5) is 5.82 Å². The second kappa shape index (κ2) is 10.2. The SMILES string of the molecule is COc1ccccc1-c1cc(NC(=O)c2ccccc2OCCOc2ccccc2)n[nH]1. The Morgan fingerprint density at radius 2 is 1.56 bits per heavy atom. The summed E-state index contributed by atoms with van der Waals surface area (Å²) >= 11 is 0. The molecule has 1 heterocycles. The van der Waals surface area contributed by atoms with E-state index in [1.165, 1.54) is 0 Å². The van der Waals surface area contributed by atoms with Crippen molar-refractivity contribution in [2.45, 2.75) is 0 Å². The summed E-state index contributed by atoms with van der Waals surface area (Å²) in [5.41, 5.74) is 2.00. The molecule has 0 saturated heterocycles. The minimum atomic E-state index is -0.317. The van der Waals surface area contributed by atoms with Gasteiger partial charge in [-0.3, -0.25) is 9.89 Å². The van der Waals surface area contributed by atoms with Gasteiger partial charge in [-0.1, -0.05) is 42.5 Å². The Morgan fingerprint density at radius 3 is 2.38 bits per heavy atom. The number of nitrogens with one attached hydrogen (secondary N) is 2. The lowest BCUT2D eigenvalue weighted by molar-refractivity contribution is 0.102. The zero-order valence-electron chi connectivity index (χ0n) is 17.6. The molecule has 1 amide bonds. The Kier molecular flexibility index (Phi) is 6.67. The third-order valence-electron chi connectivity index (χ3n) is 4.70. The monoisotopic (exact) mass is 429 g/mol. The average molecular weight is 429 g/mol. The highest BCUT2D eigenvalue weighted by molar-refractivity contribution is 6.05. The van der Waals surface area contributed by atoms with Gasteiger partial charge in [0.2, 0.25) is 0 Å². The molecule has 3 aromatic carbocycles. The third kappa shape index (κ3) is 5.07. The van der Waals surface area contributed by atoms with E-state index in [2.05, 4.69) is 15.5 Å². The minimum Gasteiger partial charge on any atom is -0.496 e. The number of carbonyl (C=O) groups is 1. The van der Waals surface area contributed by atoms with Crippen molar-refractivity contribution in [3.05, 3.63) is 90.5 Å². The lowest BCUT2D eigenvalue weighted by atomic mass is 10.1. The second-order valence-corrected chi connectivity index (χ2v) is 6.83. The number of aromatic amines is 1. The number of benzene rings is 3. The highest BCUT2D eigenvalue weighted by Crippen LogP contribution is 2.29. The highest BCUT2D eigenvalue weighted by Gasteiger charge is 2.15. The van der Waals surface area contributed by atoms with Crippen molar-refractivity contribution in [1.29, 1.82) is 0 Å². The molecule has 7 heteroatoms. The number of nitrogens with zero attached hydrogens (tertiary/aromatic N) is 1. The van der Waals surface area contributed by atoms with Crippen LogP contribution in [-0.2, 0) is 0 Å². The summed E-state index contributed by atoms with van der Waals surface area (Å²) in [6.45, 7) is 0.668. The molecule has 0 spiro atoms. The summed E-state index contributed by atoms with van der Waals surface area (Å²) < 4.78 is 16.8. The van der Waals surface area contributed by atoms with Gasteiger partial charge < -0.3 is 19.5 Å². The largest absolute Gasteiger partial charge is 0.496 e. The van der Waals surface area contributed by atoms with Crippen LogP contribution in [0.3, 0.4) is 0 Å². The van der Waals surface area contributed by atoms with E-state index >= 15 is 0 Å².